The standard InChI is InChI=1S/C37H54N2.2C12H25.Ni/c1-5-9-13-16-19-32-24-28-34(29-25-32)37(33-26-22-31(23-27-33)18-12-8-4)36(21-15-11-7-3)35(30-39-38)20-17-14-10-6-2;2*1-3-5-7-9-11-12-10-8-6-4-2;/h22-29H,5-21H2,1-4H3;2*1,3-12H2,2H3;. The van der Waals surface area contributed by atoms with Crippen LogP contribution in [0, 0.1) is 0 Å². The summed E-state index contributed by atoms with van der Waals surface area (Å²) in [6.45, 7) is 13.6. The number of unbranched alkanes of at least 4 members (excludes halogenated alkanes) is 27. The molecule has 2 aromatic rings. The molecule has 0 heterocycles. The van der Waals surface area contributed by atoms with Crippen LogP contribution in [0.2, 0.25) is 10.8 Å². The van der Waals surface area contributed by atoms with Crippen LogP contribution in [-0.4, -0.2) is 10.7 Å². The fourth-order valence-corrected chi connectivity index (χ4v) is 9.97. The molecule has 2 aromatic carbocycles. The maximum atomic E-state index is 9.63. The summed E-state index contributed by atoms with van der Waals surface area (Å²) in [7, 11) is 0. The molecule has 0 fully saturated rings. The Morgan fingerprint density at radius 1 is 0.391 bits per heavy atom. The predicted octanol–water partition coefficient (Wildman–Crippen LogP) is 21.1. The second-order valence-electron chi connectivity index (χ2n) is 19.0. The molecular formula is C61H104N2Ni. The average Bonchev–Trinajstić information content (AvgIpc) is 3.32. The van der Waals surface area contributed by atoms with E-state index < -0.39 is 0 Å². The van der Waals surface area contributed by atoms with Gasteiger partial charge in [-0.1, -0.05) is 134 Å². The topological polar surface area (TPSA) is 36.4 Å². The van der Waals surface area contributed by atoms with Crippen molar-refractivity contribution in [3.63, 3.8) is 0 Å². The van der Waals surface area contributed by atoms with E-state index in [2.05, 4.69) is 101 Å². The van der Waals surface area contributed by atoms with Crippen LogP contribution in [0.3, 0.4) is 0 Å². The molecule has 64 heavy (non-hydrogen) atoms. The monoisotopic (exact) mass is 923 g/mol. The Balaban J connectivity index is 0.000000709. The molecule has 2 rings (SSSR count). The number of hydrogen-bond acceptors (Lipinski definition) is 0. The van der Waals surface area contributed by atoms with Gasteiger partial charge >= 0.3 is 173 Å². The Hall–Kier alpha value is -2.17. The molecule has 0 saturated heterocycles. The van der Waals surface area contributed by atoms with Crippen LogP contribution in [0.15, 0.2) is 59.7 Å². The van der Waals surface area contributed by atoms with Gasteiger partial charge in [0.2, 0.25) is 0 Å². The molecule has 0 aromatic heterocycles. The Morgan fingerprint density at radius 2 is 0.719 bits per heavy atom. The van der Waals surface area contributed by atoms with Crippen LogP contribution in [-0.2, 0) is 27.3 Å². The van der Waals surface area contributed by atoms with E-state index in [0.29, 0.717) is 0 Å². The van der Waals surface area contributed by atoms with E-state index in [1.54, 1.807) is 0 Å². The van der Waals surface area contributed by atoms with Crippen molar-refractivity contribution in [2.24, 2.45) is 0 Å². The van der Waals surface area contributed by atoms with Crippen molar-refractivity contribution in [1.82, 2.24) is 0 Å². The number of rotatable bonds is 42. The normalized spacial score (nSPS) is 11.5. The van der Waals surface area contributed by atoms with Gasteiger partial charge in [0.15, 0.2) is 0 Å². The summed E-state index contributed by atoms with van der Waals surface area (Å²) in [5.74, 6) is 3.04. The molecule has 0 aliphatic heterocycles. The SMILES string of the molecule is CCCCCCC(=C=[N+]=[N-])C(CCCCC)=C(c1ccc(CCCC)cc1)c1ccc(CCCCCC)cc1.CCCCCCCCCCC[CH2][Ni][CH2]CCCCCCCCCCC. The molecule has 368 valence electrons. The second-order valence-corrected chi connectivity index (χ2v) is 20.4. The van der Waals surface area contributed by atoms with Gasteiger partial charge in [-0.05, 0) is 84.8 Å². The predicted molar refractivity (Wildman–Crippen MR) is 284 cm³/mol. The molecule has 0 aliphatic carbocycles. The molecule has 0 spiro atoms. The zero-order chi connectivity index (χ0) is 46.4. The quantitative estimate of drug-likeness (QED) is 0.0159. The minimum absolute atomic E-state index is 0.902. The average molecular weight is 924 g/mol. The third kappa shape index (κ3) is 32.5. The third-order valence-corrected chi connectivity index (χ3v) is 14.3. The van der Waals surface area contributed by atoms with Gasteiger partial charge in [0.1, 0.15) is 0 Å². The van der Waals surface area contributed by atoms with Crippen molar-refractivity contribution in [1.29, 1.82) is 0 Å². The Kier molecular flexibility index (Phi) is 43.0. The fourth-order valence-electron chi connectivity index (χ4n) is 8.74. The molecule has 2 nitrogen and oxygen atoms in total. The van der Waals surface area contributed by atoms with Crippen LogP contribution >= 0.6 is 0 Å². The molecule has 0 radical (unpaired) electrons. The van der Waals surface area contributed by atoms with Gasteiger partial charge < -0.3 is 5.53 Å². The van der Waals surface area contributed by atoms with Gasteiger partial charge in [0.25, 0.3) is 0 Å². The number of hydrogen-bond donors (Lipinski definition) is 0. The zero-order valence-electron chi connectivity index (χ0n) is 43.4. The summed E-state index contributed by atoms with van der Waals surface area (Å²) in [4.78, 5) is 3.44. The first kappa shape index (κ1) is 59.8. The molecule has 0 bridgehead atoms. The van der Waals surface area contributed by atoms with Crippen molar-refractivity contribution in [2.75, 3.05) is 0 Å². The summed E-state index contributed by atoms with van der Waals surface area (Å²) in [5, 5.41) is 2.86. The number of aryl methyl sites for hydroxylation is 2. The van der Waals surface area contributed by atoms with Gasteiger partial charge in [-0.15, -0.1) is 4.79 Å². The first-order valence-corrected chi connectivity index (χ1v) is 29.3. The van der Waals surface area contributed by atoms with Gasteiger partial charge in [-0.2, -0.15) is 0 Å². The van der Waals surface area contributed by atoms with E-state index in [-0.39, 0.29) is 0 Å². The third-order valence-electron chi connectivity index (χ3n) is 12.9. The summed E-state index contributed by atoms with van der Waals surface area (Å²) >= 11 is 2.03. The van der Waals surface area contributed by atoms with Crippen LogP contribution in [0.5, 0.6) is 0 Å². The van der Waals surface area contributed by atoms with Crippen molar-refractivity contribution in [2.45, 2.75) is 290 Å². The molecule has 3 heteroatoms. The number of allylic oxidation sites excluding steroid dienone is 2. The van der Waals surface area contributed by atoms with E-state index >= 15 is 0 Å². The number of benzene rings is 2. The van der Waals surface area contributed by atoms with Crippen LogP contribution in [0.1, 0.15) is 289 Å². The minimum atomic E-state index is 0.902. The molecule has 0 aliphatic rings. The Morgan fingerprint density at radius 3 is 1.12 bits per heavy atom. The maximum absolute atomic E-state index is 9.63. The van der Waals surface area contributed by atoms with Gasteiger partial charge in [0, 0.05) is 0 Å². The van der Waals surface area contributed by atoms with Gasteiger partial charge in [0.05, 0.1) is 5.57 Å². The van der Waals surface area contributed by atoms with Crippen LogP contribution in [0.25, 0.3) is 11.1 Å². The van der Waals surface area contributed by atoms with E-state index in [1.807, 2.05) is 14.4 Å². The van der Waals surface area contributed by atoms with E-state index in [9.17, 15) is 5.53 Å². The van der Waals surface area contributed by atoms with Crippen LogP contribution in [0.4, 0.5) is 0 Å². The van der Waals surface area contributed by atoms with Crippen molar-refractivity contribution >= 4 is 11.4 Å². The van der Waals surface area contributed by atoms with E-state index in [1.165, 1.54) is 243 Å². The van der Waals surface area contributed by atoms with Crippen molar-refractivity contribution in [3.05, 3.63) is 87.5 Å². The van der Waals surface area contributed by atoms with Crippen LogP contribution < -0.4 is 0 Å². The molecule has 0 amide bonds. The summed E-state index contributed by atoms with van der Waals surface area (Å²) in [5.41, 5.74) is 18.6. The Bertz CT molecular complexity index is 1400. The molecule has 0 N–H and O–H groups in total. The number of nitrogens with zero attached hydrogens (tertiary/aromatic N) is 2. The van der Waals surface area contributed by atoms with E-state index in [0.717, 1.165) is 44.1 Å². The zero-order valence-corrected chi connectivity index (χ0v) is 44.4. The van der Waals surface area contributed by atoms with E-state index in [4.69, 9.17) is 0 Å². The van der Waals surface area contributed by atoms with Crippen molar-refractivity contribution in [3.8, 4) is 0 Å². The van der Waals surface area contributed by atoms with Crippen molar-refractivity contribution < 1.29 is 19.2 Å². The molecular weight excluding hydrogens is 819 g/mol. The summed E-state index contributed by atoms with van der Waals surface area (Å²) in [6, 6.07) is 18.5. The molecule has 0 saturated carbocycles. The van der Waals surface area contributed by atoms with Gasteiger partial charge in [-0.25, -0.2) is 0 Å². The molecule has 0 unspecified atom stereocenters. The summed E-state index contributed by atoms with van der Waals surface area (Å²) < 4.78 is 0. The fraction of sp³-hybridized carbons (Fsp3) is 0.738. The molecule has 0 atom stereocenters. The van der Waals surface area contributed by atoms with Gasteiger partial charge in [-0.3, -0.25) is 0 Å². The first-order valence-electron chi connectivity index (χ1n) is 27.9. The summed E-state index contributed by atoms with van der Waals surface area (Å²) in [6.07, 6.45) is 49.3. The first-order chi connectivity index (χ1) is 31.6. The Labute approximate surface area is 406 Å². The second kappa shape index (κ2) is 46.0.